The van der Waals surface area contributed by atoms with Gasteiger partial charge in [0.1, 0.15) is 0 Å². The first-order valence-electron chi connectivity index (χ1n) is 7.54. The van der Waals surface area contributed by atoms with Crippen molar-refractivity contribution < 1.29 is 0 Å². The van der Waals surface area contributed by atoms with E-state index in [0.29, 0.717) is 0 Å². The summed E-state index contributed by atoms with van der Waals surface area (Å²) in [6.45, 7) is 4.61. The van der Waals surface area contributed by atoms with E-state index in [1.165, 1.54) is 36.8 Å². The van der Waals surface area contributed by atoms with Crippen molar-refractivity contribution in [3.63, 3.8) is 0 Å². The highest BCUT2D eigenvalue weighted by Gasteiger charge is 2.26. The normalized spacial score (nSPS) is 11.9. The lowest BCUT2D eigenvalue weighted by molar-refractivity contribution is 0.638. The van der Waals surface area contributed by atoms with Crippen LogP contribution in [0.1, 0.15) is 49.3 Å². The molecule has 3 rings (SSSR count). The van der Waals surface area contributed by atoms with Gasteiger partial charge in [0.25, 0.3) is 0 Å². The van der Waals surface area contributed by atoms with Gasteiger partial charge in [-0.2, -0.15) is 0 Å². The third kappa shape index (κ3) is 2.20. The van der Waals surface area contributed by atoms with Crippen molar-refractivity contribution in [2.75, 3.05) is 0 Å². The Labute approximate surface area is 116 Å². The van der Waals surface area contributed by atoms with Crippen LogP contribution in [-0.2, 0) is 12.8 Å². The highest BCUT2D eigenvalue weighted by molar-refractivity contribution is 5.86. The summed E-state index contributed by atoms with van der Waals surface area (Å²) in [5, 5.41) is 0. The molecule has 0 heteroatoms. The van der Waals surface area contributed by atoms with Gasteiger partial charge in [-0.1, -0.05) is 56.3 Å². The van der Waals surface area contributed by atoms with Gasteiger partial charge < -0.3 is 0 Å². The lowest BCUT2D eigenvalue weighted by Gasteiger charge is -2.31. The molecule has 0 heterocycles. The molecule has 0 nitrogen and oxygen atoms in total. The molecule has 0 fully saturated rings. The molecule has 0 amide bonds. The number of hydrogen-bond acceptors (Lipinski definition) is 0. The summed E-state index contributed by atoms with van der Waals surface area (Å²) in [6, 6.07) is 15.6. The van der Waals surface area contributed by atoms with Gasteiger partial charge in [-0.25, -0.2) is 0 Å². The quantitative estimate of drug-likeness (QED) is 0.552. The second-order valence-electron chi connectivity index (χ2n) is 5.60. The van der Waals surface area contributed by atoms with Crippen molar-refractivity contribution in [1.29, 1.82) is 0 Å². The van der Waals surface area contributed by atoms with E-state index in [9.17, 15) is 0 Å². The van der Waals surface area contributed by atoms with Gasteiger partial charge in [-0.15, -0.1) is 0 Å². The fourth-order valence-electron chi connectivity index (χ4n) is 3.24. The fourth-order valence-corrected chi connectivity index (χ4v) is 3.24. The van der Waals surface area contributed by atoms with E-state index in [-0.39, 0.29) is 0 Å². The van der Waals surface area contributed by atoms with Crippen LogP contribution in [-0.4, -0.2) is 0 Å². The summed E-state index contributed by atoms with van der Waals surface area (Å²) in [7, 11) is 0. The Morgan fingerprint density at radius 3 is 2.26 bits per heavy atom. The first-order chi connectivity index (χ1) is 9.33. The first kappa shape index (κ1) is 12.5. The molecule has 2 aliphatic carbocycles. The van der Waals surface area contributed by atoms with Gasteiger partial charge in [0, 0.05) is 0 Å². The van der Waals surface area contributed by atoms with Crippen LogP contribution < -0.4 is 0 Å². The molecular formula is C19H22. The Hall–Kier alpha value is -1.56. The number of hydrogen-bond donors (Lipinski definition) is 0. The molecule has 0 unspecified atom stereocenters. The van der Waals surface area contributed by atoms with Gasteiger partial charge in [-0.3, -0.25) is 0 Å². The zero-order valence-corrected chi connectivity index (χ0v) is 11.9. The molecular weight excluding hydrogens is 228 g/mol. The third-order valence-corrected chi connectivity index (χ3v) is 4.49. The molecule has 0 saturated carbocycles. The van der Waals surface area contributed by atoms with E-state index < -0.39 is 0 Å². The first-order valence-corrected chi connectivity index (χ1v) is 7.54. The molecule has 0 atom stereocenters. The van der Waals surface area contributed by atoms with Crippen LogP contribution in [0.5, 0.6) is 0 Å². The highest BCUT2D eigenvalue weighted by atomic mass is 14.3. The maximum atomic E-state index is 2.40. The fraction of sp³-hybridized carbons (Fsp3) is 0.368. The minimum atomic E-state index is 0.777. The number of fused-ring (bicyclic) bond motifs is 1. The molecule has 0 radical (unpaired) electrons. The van der Waals surface area contributed by atoms with E-state index in [1.54, 1.807) is 16.7 Å². The number of aryl methyl sites for hydroxylation is 2. The summed E-state index contributed by atoms with van der Waals surface area (Å²) < 4.78 is 0. The number of rotatable bonds is 6. The van der Waals surface area contributed by atoms with Crippen molar-refractivity contribution in [3.05, 3.63) is 59.2 Å². The minimum absolute atomic E-state index is 0.777. The Bertz CT molecular complexity index is 562. The zero-order valence-electron chi connectivity index (χ0n) is 11.9. The molecule has 1 aromatic rings. The van der Waals surface area contributed by atoms with Crippen LogP contribution in [0.4, 0.5) is 0 Å². The largest absolute Gasteiger partial charge is 0.0648 e. The van der Waals surface area contributed by atoms with Crippen LogP contribution in [0.3, 0.4) is 0 Å². The zero-order chi connectivity index (χ0) is 13.2. The molecule has 98 valence electrons. The predicted molar refractivity (Wildman–Crippen MR) is 82.6 cm³/mol. The maximum absolute atomic E-state index is 2.40. The SMILES string of the molecule is CCC(CC)c1cc2cc(CCc3ccccc3)c1-2. The maximum Gasteiger partial charge on any atom is -0.0116 e. The third-order valence-electron chi connectivity index (χ3n) is 4.49. The Balaban J connectivity index is 1.69. The van der Waals surface area contributed by atoms with E-state index in [4.69, 9.17) is 0 Å². The molecule has 0 spiro atoms. The molecule has 0 N–H and O–H groups in total. The predicted octanol–water partition coefficient (Wildman–Crippen LogP) is 5.36. The monoisotopic (exact) mass is 250 g/mol. The standard InChI is InChI=1S/C19H22/c1-3-15(4-2)18-13-17-12-16(19(17)18)11-10-14-8-6-5-7-9-14/h5-9,12-13,15H,3-4,10-11H2,1-2H3. The molecule has 0 saturated heterocycles. The second-order valence-corrected chi connectivity index (χ2v) is 5.60. The van der Waals surface area contributed by atoms with E-state index in [2.05, 4.69) is 56.3 Å². The van der Waals surface area contributed by atoms with Gasteiger partial charge in [-0.05, 0) is 59.4 Å². The summed E-state index contributed by atoms with van der Waals surface area (Å²) in [4.78, 5) is 0. The van der Waals surface area contributed by atoms with E-state index >= 15 is 0 Å². The van der Waals surface area contributed by atoms with Crippen LogP contribution in [0.2, 0.25) is 0 Å². The average Bonchev–Trinajstić information content (AvgIpc) is 2.43. The van der Waals surface area contributed by atoms with E-state index in [1.807, 2.05) is 0 Å². The molecule has 0 aromatic heterocycles. The lowest BCUT2D eigenvalue weighted by atomic mass is 9.73. The highest BCUT2D eigenvalue weighted by Crippen LogP contribution is 2.47. The van der Waals surface area contributed by atoms with Crippen LogP contribution in [0.15, 0.2) is 42.5 Å². The molecule has 1 aromatic carbocycles. The Morgan fingerprint density at radius 1 is 0.895 bits per heavy atom. The average molecular weight is 250 g/mol. The van der Waals surface area contributed by atoms with Crippen LogP contribution in [0, 0.1) is 0 Å². The molecule has 19 heavy (non-hydrogen) atoms. The number of benzene rings is 2. The van der Waals surface area contributed by atoms with Gasteiger partial charge in [0.05, 0.1) is 0 Å². The molecule has 0 bridgehead atoms. The molecule has 0 aliphatic heterocycles. The van der Waals surface area contributed by atoms with Crippen molar-refractivity contribution in [2.24, 2.45) is 0 Å². The Kier molecular flexibility index (Phi) is 3.42. The van der Waals surface area contributed by atoms with Crippen molar-refractivity contribution >= 4 is 0 Å². The van der Waals surface area contributed by atoms with Crippen LogP contribution >= 0.6 is 0 Å². The summed E-state index contributed by atoms with van der Waals surface area (Å²) >= 11 is 0. The topological polar surface area (TPSA) is 0 Å². The lowest BCUT2D eigenvalue weighted by Crippen LogP contribution is -2.11. The summed E-state index contributed by atoms with van der Waals surface area (Å²) in [5.41, 5.74) is 7.79. The van der Waals surface area contributed by atoms with Crippen molar-refractivity contribution in [1.82, 2.24) is 0 Å². The second kappa shape index (κ2) is 5.21. The van der Waals surface area contributed by atoms with Crippen molar-refractivity contribution in [2.45, 2.75) is 45.4 Å². The van der Waals surface area contributed by atoms with E-state index in [0.717, 1.165) is 5.92 Å². The van der Waals surface area contributed by atoms with Crippen molar-refractivity contribution in [3.8, 4) is 11.1 Å². The smallest absolute Gasteiger partial charge is 0.0116 e. The minimum Gasteiger partial charge on any atom is -0.0648 e. The van der Waals surface area contributed by atoms with Gasteiger partial charge >= 0.3 is 0 Å². The van der Waals surface area contributed by atoms with Gasteiger partial charge in [0.2, 0.25) is 0 Å². The Morgan fingerprint density at radius 2 is 1.63 bits per heavy atom. The van der Waals surface area contributed by atoms with Crippen LogP contribution in [0.25, 0.3) is 11.1 Å². The summed E-state index contributed by atoms with van der Waals surface area (Å²) in [5.74, 6) is 0.777. The van der Waals surface area contributed by atoms with Gasteiger partial charge in [0.15, 0.2) is 0 Å². The molecule has 2 aliphatic rings. The summed E-state index contributed by atoms with van der Waals surface area (Å²) in [6.07, 6.45) is 4.90.